The number of ether oxygens (including phenoxy) is 2. The number of nitrogens with zero attached hydrogens (tertiary/aromatic N) is 5. The minimum absolute atomic E-state index is 0.570. The van der Waals surface area contributed by atoms with E-state index in [1.807, 2.05) is 72.8 Å². The van der Waals surface area contributed by atoms with Crippen molar-refractivity contribution < 1.29 is 9.47 Å². The molecule has 0 radical (unpaired) electrons. The van der Waals surface area contributed by atoms with Crippen LogP contribution in [0.2, 0.25) is 0 Å². The van der Waals surface area contributed by atoms with Crippen molar-refractivity contribution in [3.8, 4) is 28.5 Å². The van der Waals surface area contributed by atoms with Crippen LogP contribution in [0.25, 0.3) is 33.1 Å². The van der Waals surface area contributed by atoms with Gasteiger partial charge in [-0.05, 0) is 12.1 Å². The Morgan fingerprint density at radius 1 is 0.722 bits per heavy atom. The maximum absolute atomic E-state index is 6.04. The van der Waals surface area contributed by atoms with Gasteiger partial charge in [0.2, 0.25) is 0 Å². The third-order valence-electron chi connectivity index (χ3n) is 5.70. The summed E-state index contributed by atoms with van der Waals surface area (Å²) in [5, 5.41) is 14.2. The number of anilines is 2. The molecule has 0 saturated carbocycles. The zero-order valence-electron chi connectivity index (χ0n) is 19.3. The highest BCUT2D eigenvalue weighted by Crippen LogP contribution is 2.32. The molecule has 0 aliphatic heterocycles. The molecule has 0 aliphatic rings. The fraction of sp³-hybridized carbons (Fsp3) is 0.0357. The number of rotatable bonds is 6. The normalized spacial score (nSPS) is 10.9. The van der Waals surface area contributed by atoms with Crippen molar-refractivity contribution in [3.05, 3.63) is 97.5 Å². The molecule has 1 N–H and O–H groups in total. The van der Waals surface area contributed by atoms with Crippen LogP contribution in [0.1, 0.15) is 0 Å². The highest BCUT2D eigenvalue weighted by molar-refractivity contribution is 6.00. The topological polar surface area (TPSA) is 94.9 Å². The molecule has 6 aromatic rings. The van der Waals surface area contributed by atoms with Crippen molar-refractivity contribution in [2.24, 2.45) is 0 Å². The van der Waals surface area contributed by atoms with E-state index in [0.717, 1.165) is 22.0 Å². The van der Waals surface area contributed by atoms with E-state index in [0.29, 0.717) is 39.9 Å². The van der Waals surface area contributed by atoms with E-state index in [1.54, 1.807) is 31.8 Å². The summed E-state index contributed by atoms with van der Waals surface area (Å²) in [5.41, 5.74) is 3.18. The Morgan fingerprint density at radius 3 is 2.33 bits per heavy atom. The van der Waals surface area contributed by atoms with Crippen LogP contribution in [-0.2, 0) is 0 Å². The average Bonchev–Trinajstić information content (AvgIpc) is 2.94. The summed E-state index contributed by atoms with van der Waals surface area (Å²) in [4.78, 5) is 13.3. The molecule has 0 amide bonds. The molecule has 0 atom stereocenters. The van der Waals surface area contributed by atoms with Crippen LogP contribution in [0.4, 0.5) is 11.6 Å². The van der Waals surface area contributed by atoms with Crippen molar-refractivity contribution >= 4 is 33.4 Å². The van der Waals surface area contributed by atoms with Gasteiger partial charge in [-0.25, -0.2) is 9.97 Å². The Balaban J connectivity index is 1.26. The molecule has 4 heterocycles. The Morgan fingerprint density at radius 2 is 1.53 bits per heavy atom. The van der Waals surface area contributed by atoms with Gasteiger partial charge in [-0.15, -0.1) is 10.2 Å². The van der Waals surface area contributed by atoms with Gasteiger partial charge in [-0.1, -0.05) is 54.6 Å². The van der Waals surface area contributed by atoms with Gasteiger partial charge in [-0.2, -0.15) is 0 Å². The number of nitrogens with one attached hydrogen (secondary N) is 1. The van der Waals surface area contributed by atoms with Crippen molar-refractivity contribution in [3.63, 3.8) is 0 Å². The van der Waals surface area contributed by atoms with E-state index in [1.165, 1.54) is 0 Å². The summed E-state index contributed by atoms with van der Waals surface area (Å²) in [6.45, 7) is 0. The molecule has 0 aliphatic carbocycles. The first-order valence-electron chi connectivity index (χ1n) is 11.3. The largest absolute Gasteiger partial charge is 0.495 e. The molecule has 6 rings (SSSR count). The van der Waals surface area contributed by atoms with Crippen LogP contribution in [0.5, 0.6) is 17.2 Å². The smallest absolute Gasteiger partial charge is 0.162 e. The van der Waals surface area contributed by atoms with Gasteiger partial charge >= 0.3 is 0 Å². The van der Waals surface area contributed by atoms with Crippen molar-refractivity contribution in [1.82, 2.24) is 25.1 Å². The predicted octanol–water partition coefficient (Wildman–Crippen LogP) is 6.18. The lowest BCUT2D eigenvalue weighted by Crippen LogP contribution is -2.00. The molecule has 0 bridgehead atoms. The van der Waals surface area contributed by atoms with Gasteiger partial charge in [-0.3, -0.25) is 4.98 Å². The fourth-order valence-electron chi connectivity index (χ4n) is 3.95. The summed E-state index contributed by atoms with van der Waals surface area (Å²) in [5.74, 6) is 3.04. The number of hydrogen-bond acceptors (Lipinski definition) is 8. The molecule has 0 fully saturated rings. The van der Waals surface area contributed by atoms with Crippen LogP contribution in [0, 0.1) is 0 Å². The quantitative estimate of drug-likeness (QED) is 0.307. The zero-order chi connectivity index (χ0) is 24.3. The van der Waals surface area contributed by atoms with Crippen LogP contribution in [0.15, 0.2) is 97.5 Å². The standard InChI is InChI=1S/C28H20N6O2/c1-35-20-15-23-27(31-17-20)24(13-14-29-23)36-19-11-12-25(30-16-19)32-28-22-10-6-5-9-21(22)26(33-34-28)18-7-3-2-4-8-18/h2-17H,1H3,(H,30,32,34). The van der Waals surface area contributed by atoms with E-state index in [-0.39, 0.29) is 0 Å². The highest BCUT2D eigenvalue weighted by atomic mass is 16.5. The Bertz CT molecular complexity index is 1670. The molecule has 0 saturated heterocycles. The number of benzene rings is 2. The van der Waals surface area contributed by atoms with Crippen LogP contribution in [0.3, 0.4) is 0 Å². The number of pyridine rings is 3. The van der Waals surface area contributed by atoms with Gasteiger partial charge in [0.25, 0.3) is 0 Å². The number of methoxy groups -OCH3 is 1. The maximum atomic E-state index is 6.04. The second kappa shape index (κ2) is 9.27. The molecular weight excluding hydrogens is 452 g/mol. The first-order valence-corrected chi connectivity index (χ1v) is 11.3. The zero-order valence-corrected chi connectivity index (χ0v) is 19.3. The molecule has 36 heavy (non-hydrogen) atoms. The minimum atomic E-state index is 0.570. The van der Waals surface area contributed by atoms with Gasteiger partial charge in [0.1, 0.15) is 28.5 Å². The molecule has 0 unspecified atom stereocenters. The second-order valence-corrected chi connectivity index (χ2v) is 7.97. The predicted molar refractivity (Wildman–Crippen MR) is 139 cm³/mol. The van der Waals surface area contributed by atoms with E-state index in [9.17, 15) is 0 Å². The van der Waals surface area contributed by atoms with Gasteiger partial charge in [0.05, 0.1) is 25.0 Å². The average molecular weight is 473 g/mol. The number of fused-ring (bicyclic) bond motifs is 2. The van der Waals surface area contributed by atoms with Gasteiger partial charge < -0.3 is 14.8 Å². The second-order valence-electron chi connectivity index (χ2n) is 7.97. The number of hydrogen-bond donors (Lipinski definition) is 1. The molecule has 0 spiro atoms. The summed E-state index contributed by atoms with van der Waals surface area (Å²) in [7, 11) is 1.59. The van der Waals surface area contributed by atoms with E-state index in [2.05, 4.69) is 30.5 Å². The third kappa shape index (κ3) is 4.12. The fourth-order valence-corrected chi connectivity index (χ4v) is 3.95. The van der Waals surface area contributed by atoms with Crippen molar-refractivity contribution in [1.29, 1.82) is 0 Å². The Kier molecular flexibility index (Phi) is 5.51. The maximum Gasteiger partial charge on any atom is 0.162 e. The number of aromatic nitrogens is 5. The highest BCUT2D eigenvalue weighted by Gasteiger charge is 2.12. The third-order valence-corrected chi connectivity index (χ3v) is 5.70. The Hall–Kier alpha value is -5.11. The molecule has 2 aromatic carbocycles. The molecular formula is C28H20N6O2. The Labute approximate surface area is 206 Å². The summed E-state index contributed by atoms with van der Waals surface area (Å²) in [6.07, 6.45) is 4.95. The van der Waals surface area contributed by atoms with E-state index >= 15 is 0 Å². The molecule has 8 nitrogen and oxygen atoms in total. The molecule has 174 valence electrons. The van der Waals surface area contributed by atoms with Gasteiger partial charge in [0, 0.05) is 34.7 Å². The first-order chi connectivity index (χ1) is 17.8. The van der Waals surface area contributed by atoms with Crippen LogP contribution >= 0.6 is 0 Å². The van der Waals surface area contributed by atoms with Crippen molar-refractivity contribution in [2.45, 2.75) is 0 Å². The SMILES string of the molecule is COc1cnc2c(Oc3ccc(Nc4nnc(-c5ccccc5)c5ccccc45)nc3)ccnc2c1. The summed E-state index contributed by atoms with van der Waals surface area (Å²) in [6, 6.07) is 25.3. The summed E-state index contributed by atoms with van der Waals surface area (Å²) >= 11 is 0. The lowest BCUT2D eigenvalue weighted by molar-refractivity contribution is 0.413. The minimum Gasteiger partial charge on any atom is -0.495 e. The molecule has 4 aromatic heterocycles. The van der Waals surface area contributed by atoms with Crippen LogP contribution in [-0.4, -0.2) is 32.3 Å². The van der Waals surface area contributed by atoms with Crippen LogP contribution < -0.4 is 14.8 Å². The lowest BCUT2D eigenvalue weighted by Gasteiger charge is -2.12. The van der Waals surface area contributed by atoms with Crippen molar-refractivity contribution in [2.75, 3.05) is 12.4 Å². The van der Waals surface area contributed by atoms with Gasteiger partial charge in [0.15, 0.2) is 11.6 Å². The van der Waals surface area contributed by atoms with E-state index in [4.69, 9.17) is 9.47 Å². The first kappa shape index (κ1) is 21.4. The molecule has 8 heteroatoms. The lowest BCUT2D eigenvalue weighted by atomic mass is 10.0. The van der Waals surface area contributed by atoms with E-state index < -0.39 is 0 Å². The summed E-state index contributed by atoms with van der Waals surface area (Å²) < 4.78 is 11.3. The monoisotopic (exact) mass is 472 g/mol.